The second kappa shape index (κ2) is 4.53. The number of allylic oxidation sites excluding steroid dienone is 1. The number of carbonyl (C=O) groups excluding carboxylic acids is 1. The van der Waals surface area contributed by atoms with Gasteiger partial charge in [-0.2, -0.15) is 0 Å². The van der Waals surface area contributed by atoms with E-state index in [1.165, 1.54) is 6.08 Å². The molecule has 0 saturated heterocycles. The van der Waals surface area contributed by atoms with Crippen molar-refractivity contribution in [1.29, 1.82) is 0 Å². The Morgan fingerprint density at radius 2 is 2.06 bits per heavy atom. The third kappa shape index (κ3) is 2.28. The lowest BCUT2D eigenvalue weighted by molar-refractivity contribution is -0.140. The maximum Gasteiger partial charge on any atom is 0.311 e. The zero-order chi connectivity index (χ0) is 12.4. The predicted octanol–water partition coefficient (Wildman–Crippen LogP) is 2.44. The van der Waals surface area contributed by atoms with Crippen LogP contribution in [0.1, 0.15) is 24.0 Å². The smallest absolute Gasteiger partial charge is 0.311 e. The molecule has 3 heteroatoms. The molecule has 0 fully saturated rings. The zero-order valence-corrected chi connectivity index (χ0v) is 9.64. The van der Waals surface area contributed by atoms with Crippen LogP contribution in [-0.4, -0.2) is 16.9 Å². The van der Waals surface area contributed by atoms with Gasteiger partial charge in [0.25, 0.3) is 0 Å². The number of aliphatic carboxylic acids is 1. The minimum Gasteiger partial charge on any atom is -0.481 e. The number of carboxylic acids is 1. The molecule has 1 aliphatic rings. The molecule has 1 aromatic carbocycles. The molecular weight excluding hydrogens is 216 g/mol. The molecule has 0 heterocycles. The number of hydrogen-bond donors (Lipinski definition) is 1. The number of carboxylic acid groups (broad SMARTS) is 1. The highest BCUT2D eigenvalue weighted by molar-refractivity contribution is 6.03. The number of benzene rings is 1. The predicted molar refractivity (Wildman–Crippen MR) is 64.5 cm³/mol. The van der Waals surface area contributed by atoms with Gasteiger partial charge in [0, 0.05) is 6.42 Å². The normalized spacial score (nSPS) is 19.9. The first-order chi connectivity index (χ1) is 8.09. The summed E-state index contributed by atoms with van der Waals surface area (Å²) in [5.41, 5.74) is 2.51. The summed E-state index contributed by atoms with van der Waals surface area (Å²) >= 11 is 0. The number of ketones is 1. The Hall–Kier alpha value is -1.90. The van der Waals surface area contributed by atoms with Crippen LogP contribution >= 0.6 is 0 Å². The molecule has 3 nitrogen and oxygen atoms in total. The van der Waals surface area contributed by atoms with Crippen molar-refractivity contribution >= 4 is 17.3 Å². The van der Waals surface area contributed by atoms with Crippen LogP contribution in [0.25, 0.3) is 5.57 Å². The van der Waals surface area contributed by atoms with Crippen molar-refractivity contribution in [1.82, 2.24) is 0 Å². The molecule has 1 atom stereocenters. The Morgan fingerprint density at radius 3 is 2.71 bits per heavy atom. The molecule has 0 spiro atoms. The lowest BCUT2D eigenvalue weighted by atomic mass is 9.82. The van der Waals surface area contributed by atoms with E-state index in [2.05, 4.69) is 0 Å². The third-order valence-electron chi connectivity index (χ3n) is 3.13. The van der Waals surface area contributed by atoms with E-state index in [9.17, 15) is 14.7 Å². The molecular formula is C14H14O3. The third-order valence-corrected chi connectivity index (χ3v) is 3.13. The maximum atomic E-state index is 11.5. The molecule has 1 aliphatic carbocycles. The van der Waals surface area contributed by atoms with Gasteiger partial charge in [-0.05, 0) is 36.1 Å². The standard InChI is InChI=1S/C14H14O3/c1-9-4-2-3-5-11(9)13-8-10(15)6-7-12(13)14(16)17/h2-5,8,12H,6-7H2,1H3,(H,16,17). The second-order valence-corrected chi connectivity index (χ2v) is 4.31. The van der Waals surface area contributed by atoms with Gasteiger partial charge >= 0.3 is 5.97 Å². The Kier molecular flexibility index (Phi) is 3.09. The Labute approximate surface area is 99.8 Å². The summed E-state index contributed by atoms with van der Waals surface area (Å²) in [6, 6.07) is 7.56. The van der Waals surface area contributed by atoms with E-state index in [-0.39, 0.29) is 5.78 Å². The molecule has 88 valence electrons. The minimum absolute atomic E-state index is 0.0146. The monoisotopic (exact) mass is 230 g/mol. The molecule has 2 rings (SSSR count). The summed E-state index contributed by atoms with van der Waals surface area (Å²) in [5.74, 6) is -1.40. The summed E-state index contributed by atoms with van der Waals surface area (Å²) in [7, 11) is 0. The fourth-order valence-corrected chi connectivity index (χ4v) is 2.21. The molecule has 0 bridgehead atoms. The largest absolute Gasteiger partial charge is 0.481 e. The fraction of sp³-hybridized carbons (Fsp3) is 0.286. The first-order valence-electron chi connectivity index (χ1n) is 5.63. The molecule has 0 saturated carbocycles. The van der Waals surface area contributed by atoms with E-state index in [4.69, 9.17) is 0 Å². The van der Waals surface area contributed by atoms with Gasteiger partial charge in [0.05, 0.1) is 5.92 Å². The quantitative estimate of drug-likeness (QED) is 0.849. The van der Waals surface area contributed by atoms with Gasteiger partial charge in [0.15, 0.2) is 5.78 Å². The molecule has 0 aliphatic heterocycles. The van der Waals surface area contributed by atoms with Crippen LogP contribution in [0, 0.1) is 12.8 Å². The van der Waals surface area contributed by atoms with Crippen molar-refractivity contribution < 1.29 is 14.7 Å². The SMILES string of the molecule is Cc1ccccc1C1=CC(=O)CCC1C(=O)O. The van der Waals surface area contributed by atoms with E-state index in [1.807, 2.05) is 31.2 Å². The molecule has 1 aromatic rings. The van der Waals surface area contributed by atoms with Gasteiger partial charge in [-0.15, -0.1) is 0 Å². The first kappa shape index (κ1) is 11.6. The summed E-state index contributed by atoms with van der Waals surface area (Å²) in [6.45, 7) is 1.92. The van der Waals surface area contributed by atoms with Crippen molar-refractivity contribution in [3.05, 3.63) is 41.5 Å². The highest BCUT2D eigenvalue weighted by Gasteiger charge is 2.28. The lowest BCUT2D eigenvalue weighted by Crippen LogP contribution is -2.21. The van der Waals surface area contributed by atoms with Crippen LogP contribution in [0.3, 0.4) is 0 Å². The number of rotatable bonds is 2. The van der Waals surface area contributed by atoms with Crippen molar-refractivity contribution in [2.24, 2.45) is 5.92 Å². The molecule has 1 N–H and O–H groups in total. The minimum atomic E-state index is -0.855. The summed E-state index contributed by atoms with van der Waals surface area (Å²) in [6.07, 6.45) is 2.21. The highest BCUT2D eigenvalue weighted by Crippen LogP contribution is 2.33. The van der Waals surface area contributed by atoms with E-state index >= 15 is 0 Å². The average molecular weight is 230 g/mol. The van der Waals surface area contributed by atoms with Crippen LogP contribution in [0.15, 0.2) is 30.3 Å². The van der Waals surface area contributed by atoms with Gasteiger partial charge < -0.3 is 5.11 Å². The fourth-order valence-electron chi connectivity index (χ4n) is 2.21. The molecule has 0 aromatic heterocycles. The zero-order valence-electron chi connectivity index (χ0n) is 9.64. The Balaban J connectivity index is 2.50. The molecule has 0 amide bonds. The molecule has 1 unspecified atom stereocenters. The van der Waals surface area contributed by atoms with Crippen molar-refractivity contribution in [2.45, 2.75) is 19.8 Å². The molecule has 17 heavy (non-hydrogen) atoms. The maximum absolute atomic E-state index is 11.5. The van der Waals surface area contributed by atoms with Gasteiger partial charge in [0.2, 0.25) is 0 Å². The average Bonchev–Trinajstić information content (AvgIpc) is 2.29. The van der Waals surface area contributed by atoms with E-state index in [0.717, 1.165) is 11.1 Å². The Bertz CT molecular complexity index is 500. The van der Waals surface area contributed by atoms with Gasteiger partial charge in [-0.1, -0.05) is 24.3 Å². The Morgan fingerprint density at radius 1 is 1.35 bits per heavy atom. The lowest BCUT2D eigenvalue weighted by Gasteiger charge is -2.21. The highest BCUT2D eigenvalue weighted by atomic mass is 16.4. The summed E-state index contributed by atoms with van der Waals surface area (Å²) in [4.78, 5) is 22.7. The van der Waals surface area contributed by atoms with Crippen LogP contribution in [0.5, 0.6) is 0 Å². The van der Waals surface area contributed by atoms with Crippen LogP contribution in [0.4, 0.5) is 0 Å². The molecule has 0 radical (unpaired) electrons. The van der Waals surface area contributed by atoms with Crippen molar-refractivity contribution in [3.8, 4) is 0 Å². The topological polar surface area (TPSA) is 54.4 Å². The van der Waals surface area contributed by atoms with E-state index in [0.29, 0.717) is 18.4 Å². The number of aryl methyl sites for hydroxylation is 1. The van der Waals surface area contributed by atoms with Crippen LogP contribution < -0.4 is 0 Å². The summed E-state index contributed by atoms with van der Waals surface area (Å²) < 4.78 is 0. The van der Waals surface area contributed by atoms with E-state index in [1.54, 1.807) is 0 Å². The van der Waals surface area contributed by atoms with Gasteiger partial charge in [0.1, 0.15) is 0 Å². The number of hydrogen-bond acceptors (Lipinski definition) is 2. The van der Waals surface area contributed by atoms with Crippen molar-refractivity contribution in [2.75, 3.05) is 0 Å². The summed E-state index contributed by atoms with van der Waals surface area (Å²) in [5, 5.41) is 9.19. The number of carbonyl (C=O) groups is 2. The van der Waals surface area contributed by atoms with E-state index < -0.39 is 11.9 Å². The van der Waals surface area contributed by atoms with Crippen LogP contribution in [-0.2, 0) is 9.59 Å². The first-order valence-corrected chi connectivity index (χ1v) is 5.63. The van der Waals surface area contributed by atoms with Crippen molar-refractivity contribution in [3.63, 3.8) is 0 Å². The van der Waals surface area contributed by atoms with Crippen LogP contribution in [0.2, 0.25) is 0 Å². The second-order valence-electron chi connectivity index (χ2n) is 4.31. The van der Waals surface area contributed by atoms with Gasteiger partial charge in [-0.25, -0.2) is 0 Å². The van der Waals surface area contributed by atoms with Gasteiger partial charge in [-0.3, -0.25) is 9.59 Å².